The molecule has 0 aliphatic rings. The summed E-state index contributed by atoms with van der Waals surface area (Å²) >= 11 is 0. The average molecular weight is 271 g/mol. The standard InChI is InChI=1S/C11H10FNO6/c1-18-11(17)13-9(14)5-19-8-3-2-6(12)4-7(8)10(15)16/h2-4H,5H2,1H3,(H,15,16)(H,13,14,17). The maximum Gasteiger partial charge on any atom is 0.413 e. The van der Waals surface area contributed by atoms with E-state index < -0.39 is 36.0 Å². The van der Waals surface area contributed by atoms with Gasteiger partial charge in [-0.1, -0.05) is 0 Å². The summed E-state index contributed by atoms with van der Waals surface area (Å²) in [5, 5.41) is 10.6. The van der Waals surface area contributed by atoms with Crippen LogP contribution in [0.4, 0.5) is 9.18 Å². The van der Waals surface area contributed by atoms with E-state index in [1.165, 1.54) is 0 Å². The number of ether oxygens (including phenoxy) is 2. The van der Waals surface area contributed by atoms with Gasteiger partial charge in [0.2, 0.25) is 0 Å². The van der Waals surface area contributed by atoms with E-state index in [9.17, 15) is 18.8 Å². The largest absolute Gasteiger partial charge is 0.483 e. The molecule has 0 spiro atoms. The van der Waals surface area contributed by atoms with Crippen molar-refractivity contribution in [1.82, 2.24) is 5.32 Å². The van der Waals surface area contributed by atoms with E-state index in [4.69, 9.17) is 9.84 Å². The van der Waals surface area contributed by atoms with E-state index >= 15 is 0 Å². The molecular weight excluding hydrogens is 261 g/mol. The van der Waals surface area contributed by atoms with Gasteiger partial charge < -0.3 is 14.6 Å². The van der Waals surface area contributed by atoms with Crippen molar-refractivity contribution < 1.29 is 33.4 Å². The predicted octanol–water partition coefficient (Wildman–Crippen LogP) is 0.785. The van der Waals surface area contributed by atoms with Gasteiger partial charge in [0, 0.05) is 0 Å². The molecule has 19 heavy (non-hydrogen) atoms. The molecule has 0 saturated carbocycles. The third kappa shape index (κ3) is 4.26. The Morgan fingerprint density at radius 2 is 2.05 bits per heavy atom. The Morgan fingerprint density at radius 3 is 2.63 bits per heavy atom. The number of nitrogens with one attached hydrogen (secondary N) is 1. The van der Waals surface area contributed by atoms with E-state index in [0.29, 0.717) is 0 Å². The minimum Gasteiger partial charge on any atom is -0.483 e. The highest BCUT2D eigenvalue weighted by Crippen LogP contribution is 2.19. The molecule has 8 heteroatoms. The molecule has 7 nitrogen and oxygen atoms in total. The van der Waals surface area contributed by atoms with Crippen LogP contribution in [-0.2, 0) is 9.53 Å². The van der Waals surface area contributed by atoms with Crippen LogP contribution in [0.25, 0.3) is 0 Å². The predicted molar refractivity (Wildman–Crippen MR) is 59.4 cm³/mol. The van der Waals surface area contributed by atoms with Crippen molar-refractivity contribution in [3.63, 3.8) is 0 Å². The molecule has 0 aromatic heterocycles. The summed E-state index contributed by atoms with van der Waals surface area (Å²) in [5.41, 5.74) is -0.425. The number of hydrogen-bond acceptors (Lipinski definition) is 5. The van der Waals surface area contributed by atoms with Crippen molar-refractivity contribution >= 4 is 18.0 Å². The number of carboxylic acid groups (broad SMARTS) is 1. The lowest BCUT2D eigenvalue weighted by Gasteiger charge is -2.08. The molecule has 2 amide bonds. The molecule has 1 aromatic carbocycles. The Bertz CT molecular complexity index is 516. The summed E-state index contributed by atoms with van der Waals surface area (Å²) in [7, 11) is 1.08. The molecule has 2 N–H and O–H groups in total. The lowest BCUT2D eigenvalue weighted by Crippen LogP contribution is -2.34. The Hall–Kier alpha value is -2.64. The van der Waals surface area contributed by atoms with Crippen LogP contribution in [0.5, 0.6) is 5.75 Å². The number of carboxylic acids is 1. The zero-order chi connectivity index (χ0) is 14.4. The number of alkyl carbamates (subject to hydrolysis) is 1. The van der Waals surface area contributed by atoms with Gasteiger partial charge >= 0.3 is 12.1 Å². The van der Waals surface area contributed by atoms with Crippen LogP contribution in [0.15, 0.2) is 18.2 Å². The molecule has 0 radical (unpaired) electrons. The van der Waals surface area contributed by atoms with E-state index in [1.54, 1.807) is 0 Å². The molecule has 0 saturated heterocycles. The van der Waals surface area contributed by atoms with Crippen LogP contribution in [0.2, 0.25) is 0 Å². The van der Waals surface area contributed by atoms with Gasteiger partial charge in [-0.15, -0.1) is 0 Å². The summed E-state index contributed by atoms with van der Waals surface area (Å²) in [6, 6.07) is 2.82. The number of halogens is 1. The third-order valence-electron chi connectivity index (χ3n) is 1.96. The van der Waals surface area contributed by atoms with E-state index in [-0.39, 0.29) is 5.75 Å². The lowest BCUT2D eigenvalue weighted by molar-refractivity contribution is -0.122. The molecule has 0 bridgehead atoms. The fourth-order valence-electron chi connectivity index (χ4n) is 1.14. The van der Waals surface area contributed by atoms with Crippen molar-refractivity contribution in [3.05, 3.63) is 29.6 Å². The maximum absolute atomic E-state index is 12.9. The van der Waals surface area contributed by atoms with Crippen molar-refractivity contribution in [2.75, 3.05) is 13.7 Å². The molecule has 0 atom stereocenters. The molecule has 1 rings (SSSR count). The molecule has 0 aliphatic heterocycles. The molecule has 0 unspecified atom stereocenters. The van der Waals surface area contributed by atoms with E-state index in [0.717, 1.165) is 25.3 Å². The summed E-state index contributed by atoms with van der Waals surface area (Å²) in [4.78, 5) is 32.7. The normalized spacial score (nSPS) is 9.58. The maximum atomic E-state index is 12.9. The first-order chi connectivity index (χ1) is 8.93. The number of benzene rings is 1. The second-order valence-electron chi connectivity index (χ2n) is 3.27. The molecule has 102 valence electrons. The minimum absolute atomic E-state index is 0.186. The second-order valence-corrected chi connectivity index (χ2v) is 3.27. The number of carbonyl (C=O) groups excluding carboxylic acids is 2. The Labute approximate surface area is 106 Å². The first kappa shape index (κ1) is 14.4. The van der Waals surface area contributed by atoms with Gasteiger partial charge in [0.25, 0.3) is 5.91 Å². The summed E-state index contributed by atoms with van der Waals surface area (Å²) in [5.74, 6) is -3.16. The Balaban J connectivity index is 2.70. The summed E-state index contributed by atoms with van der Waals surface area (Å²) < 4.78 is 21.9. The number of carbonyl (C=O) groups is 3. The van der Waals surface area contributed by atoms with Crippen LogP contribution in [0.3, 0.4) is 0 Å². The number of amides is 2. The number of hydrogen-bond donors (Lipinski definition) is 2. The monoisotopic (exact) mass is 271 g/mol. The van der Waals surface area contributed by atoms with Crippen LogP contribution >= 0.6 is 0 Å². The first-order valence-electron chi connectivity index (χ1n) is 4.97. The smallest absolute Gasteiger partial charge is 0.413 e. The summed E-state index contributed by atoms with van der Waals surface area (Å²) in [6.07, 6.45) is -0.967. The zero-order valence-electron chi connectivity index (χ0n) is 9.81. The van der Waals surface area contributed by atoms with E-state index in [2.05, 4.69) is 4.74 Å². The van der Waals surface area contributed by atoms with Crippen molar-refractivity contribution in [1.29, 1.82) is 0 Å². The van der Waals surface area contributed by atoms with Crippen molar-refractivity contribution in [3.8, 4) is 5.75 Å². The fourth-order valence-corrected chi connectivity index (χ4v) is 1.14. The zero-order valence-corrected chi connectivity index (χ0v) is 9.81. The average Bonchev–Trinajstić information content (AvgIpc) is 2.36. The van der Waals surface area contributed by atoms with Crippen molar-refractivity contribution in [2.45, 2.75) is 0 Å². The number of aromatic carboxylic acids is 1. The van der Waals surface area contributed by atoms with Crippen LogP contribution < -0.4 is 10.1 Å². The second kappa shape index (κ2) is 6.34. The quantitative estimate of drug-likeness (QED) is 0.839. The molecule has 0 aliphatic carbocycles. The number of rotatable bonds is 4. The number of methoxy groups -OCH3 is 1. The van der Waals surface area contributed by atoms with Gasteiger partial charge in [0.1, 0.15) is 17.1 Å². The van der Waals surface area contributed by atoms with Gasteiger partial charge in [-0.25, -0.2) is 14.0 Å². The minimum atomic E-state index is -1.40. The van der Waals surface area contributed by atoms with E-state index in [1.807, 2.05) is 5.32 Å². The van der Waals surface area contributed by atoms with Gasteiger partial charge in [0.15, 0.2) is 6.61 Å². The Morgan fingerprint density at radius 1 is 1.37 bits per heavy atom. The first-order valence-corrected chi connectivity index (χ1v) is 4.97. The topological polar surface area (TPSA) is 102 Å². The lowest BCUT2D eigenvalue weighted by atomic mass is 10.2. The highest BCUT2D eigenvalue weighted by atomic mass is 19.1. The Kier molecular flexibility index (Phi) is 4.81. The molecule has 1 aromatic rings. The van der Waals surface area contributed by atoms with Crippen LogP contribution in [0, 0.1) is 5.82 Å². The highest BCUT2D eigenvalue weighted by Gasteiger charge is 2.14. The molecule has 0 heterocycles. The molecular formula is C11H10FNO6. The van der Waals surface area contributed by atoms with Gasteiger partial charge in [-0.05, 0) is 18.2 Å². The highest BCUT2D eigenvalue weighted by molar-refractivity contribution is 5.93. The third-order valence-corrected chi connectivity index (χ3v) is 1.96. The van der Waals surface area contributed by atoms with Crippen LogP contribution in [0.1, 0.15) is 10.4 Å². The van der Waals surface area contributed by atoms with Gasteiger partial charge in [0.05, 0.1) is 7.11 Å². The molecule has 0 fully saturated rings. The van der Waals surface area contributed by atoms with Crippen molar-refractivity contribution in [2.24, 2.45) is 0 Å². The fraction of sp³-hybridized carbons (Fsp3) is 0.182. The SMILES string of the molecule is COC(=O)NC(=O)COc1ccc(F)cc1C(=O)O. The van der Waals surface area contributed by atoms with Crippen LogP contribution in [-0.4, -0.2) is 36.8 Å². The number of imide groups is 1. The van der Waals surface area contributed by atoms with Gasteiger partial charge in [-0.3, -0.25) is 10.1 Å². The van der Waals surface area contributed by atoms with Gasteiger partial charge in [-0.2, -0.15) is 0 Å². The summed E-state index contributed by atoms with van der Waals surface area (Å²) in [6.45, 7) is -0.610.